The summed E-state index contributed by atoms with van der Waals surface area (Å²) >= 11 is 2.65. The van der Waals surface area contributed by atoms with Crippen molar-refractivity contribution < 1.29 is 4.79 Å². The van der Waals surface area contributed by atoms with E-state index >= 15 is 0 Å². The van der Waals surface area contributed by atoms with Gasteiger partial charge in [0.2, 0.25) is 0 Å². The van der Waals surface area contributed by atoms with E-state index in [1.807, 2.05) is 37.3 Å². The third kappa shape index (κ3) is 1.98. The third-order valence-corrected chi connectivity index (χ3v) is 4.40. The molecule has 2 heterocycles. The monoisotopic (exact) mass is 292 g/mol. The molecule has 1 aliphatic heterocycles. The summed E-state index contributed by atoms with van der Waals surface area (Å²) in [7, 11) is 5.59. The molecule has 0 bridgehead atoms. The van der Waals surface area contributed by atoms with Gasteiger partial charge in [-0.25, -0.2) is 0 Å². The van der Waals surface area contributed by atoms with E-state index < -0.39 is 0 Å². The van der Waals surface area contributed by atoms with Crippen LogP contribution in [0.3, 0.4) is 0 Å². The van der Waals surface area contributed by atoms with Crippen molar-refractivity contribution >= 4 is 46.1 Å². The van der Waals surface area contributed by atoms with Crippen molar-refractivity contribution in [1.82, 2.24) is 13.6 Å². The van der Waals surface area contributed by atoms with Crippen molar-refractivity contribution in [3.05, 3.63) is 23.2 Å². The van der Waals surface area contributed by atoms with Gasteiger partial charge in [-0.1, -0.05) is 11.8 Å². The van der Waals surface area contributed by atoms with Crippen LogP contribution in [-0.4, -0.2) is 40.7 Å². The quantitative estimate of drug-likeness (QED) is 0.754. The minimum Gasteiger partial charge on any atom is -0.382 e. The van der Waals surface area contributed by atoms with Crippen LogP contribution >= 0.6 is 23.5 Å². The van der Waals surface area contributed by atoms with Crippen molar-refractivity contribution in [3.63, 3.8) is 0 Å². The fourth-order valence-corrected chi connectivity index (χ4v) is 3.70. The largest absolute Gasteiger partial charge is 0.382 e. The molecular weight excluding hydrogens is 280 g/mol. The number of anilines is 1. The maximum Gasteiger partial charge on any atom is 0.266 e. The molecular formula is C12H12N4OS2. The van der Waals surface area contributed by atoms with Crippen LogP contribution in [-0.2, 0) is 4.79 Å². The Kier molecular flexibility index (Phi) is 2.94. The number of hydrogen-bond acceptors (Lipinski definition) is 6. The minimum atomic E-state index is -0.00769. The number of rotatable bonds is 1. The van der Waals surface area contributed by atoms with Crippen LogP contribution in [0.1, 0.15) is 0 Å². The fourth-order valence-electron chi connectivity index (χ4n) is 1.97. The minimum absolute atomic E-state index is 0.00769. The molecule has 19 heavy (non-hydrogen) atoms. The zero-order valence-corrected chi connectivity index (χ0v) is 12.4. The third-order valence-electron chi connectivity index (χ3n) is 2.81. The average Bonchev–Trinajstić information content (AvgIpc) is 2.82. The molecule has 1 aliphatic rings. The standard InChI is InChI=1S/C12H12N4OS2/c1-15(2)6-9-12(17)16(3)11-8(18-9)5-4-7-10(11)14-19-13-7/h4-6H,1-3H3/b9-6-. The second-order valence-electron chi connectivity index (χ2n) is 4.47. The van der Waals surface area contributed by atoms with Crippen LogP contribution in [0.5, 0.6) is 0 Å². The molecule has 1 amide bonds. The van der Waals surface area contributed by atoms with Gasteiger partial charge in [0, 0.05) is 32.2 Å². The Morgan fingerprint density at radius 3 is 2.84 bits per heavy atom. The number of thioether (sulfide) groups is 1. The first kappa shape index (κ1) is 12.4. The highest BCUT2D eigenvalue weighted by Gasteiger charge is 2.29. The van der Waals surface area contributed by atoms with Gasteiger partial charge < -0.3 is 9.80 Å². The lowest BCUT2D eigenvalue weighted by molar-refractivity contribution is -0.114. The predicted molar refractivity (Wildman–Crippen MR) is 78.5 cm³/mol. The molecule has 7 heteroatoms. The molecule has 5 nitrogen and oxygen atoms in total. The molecule has 0 aliphatic carbocycles. The lowest BCUT2D eigenvalue weighted by atomic mass is 10.2. The maximum absolute atomic E-state index is 12.4. The van der Waals surface area contributed by atoms with Crippen LogP contribution in [0, 0.1) is 0 Å². The molecule has 3 rings (SSSR count). The lowest BCUT2D eigenvalue weighted by Gasteiger charge is -2.27. The van der Waals surface area contributed by atoms with E-state index in [0.29, 0.717) is 4.91 Å². The molecule has 98 valence electrons. The van der Waals surface area contributed by atoms with E-state index in [9.17, 15) is 4.79 Å². The van der Waals surface area contributed by atoms with Gasteiger partial charge in [0.1, 0.15) is 11.0 Å². The summed E-state index contributed by atoms with van der Waals surface area (Å²) in [5.41, 5.74) is 2.50. The smallest absolute Gasteiger partial charge is 0.266 e. The van der Waals surface area contributed by atoms with Crippen LogP contribution in [0.2, 0.25) is 0 Å². The Hall–Kier alpha value is -1.60. The Bertz CT molecular complexity index is 692. The number of nitrogens with zero attached hydrogens (tertiary/aromatic N) is 4. The Morgan fingerprint density at radius 2 is 2.11 bits per heavy atom. The van der Waals surface area contributed by atoms with E-state index in [2.05, 4.69) is 8.75 Å². The van der Waals surface area contributed by atoms with Crippen molar-refractivity contribution in [1.29, 1.82) is 0 Å². The molecule has 0 saturated heterocycles. The highest BCUT2D eigenvalue weighted by molar-refractivity contribution is 8.04. The van der Waals surface area contributed by atoms with Gasteiger partial charge in [0.15, 0.2) is 0 Å². The van der Waals surface area contributed by atoms with Crippen molar-refractivity contribution in [2.45, 2.75) is 4.90 Å². The Morgan fingerprint density at radius 1 is 1.32 bits per heavy atom. The Labute approximate surface area is 119 Å². The van der Waals surface area contributed by atoms with E-state index in [0.717, 1.165) is 21.6 Å². The van der Waals surface area contributed by atoms with Crippen molar-refractivity contribution in [2.24, 2.45) is 0 Å². The molecule has 2 aromatic rings. The zero-order valence-electron chi connectivity index (χ0n) is 10.7. The number of hydrogen-bond donors (Lipinski definition) is 0. The SMILES string of the molecule is CN(C)/C=C1\Sc2ccc3nsnc3c2N(C)C1=O. The summed E-state index contributed by atoms with van der Waals surface area (Å²) < 4.78 is 8.51. The highest BCUT2D eigenvalue weighted by Crippen LogP contribution is 2.44. The molecule has 1 aromatic carbocycles. The summed E-state index contributed by atoms with van der Waals surface area (Å²) in [6.07, 6.45) is 1.84. The first-order chi connectivity index (χ1) is 9.08. The van der Waals surface area contributed by atoms with Crippen LogP contribution in [0.15, 0.2) is 28.1 Å². The molecule has 0 fully saturated rings. The van der Waals surface area contributed by atoms with Crippen LogP contribution in [0.4, 0.5) is 5.69 Å². The normalized spacial score (nSPS) is 17.1. The average molecular weight is 292 g/mol. The number of carbonyl (C=O) groups excluding carboxylic acids is 1. The number of amides is 1. The number of likely N-dealkylation sites (N-methyl/N-ethyl adjacent to an activating group) is 1. The number of benzene rings is 1. The molecule has 0 saturated carbocycles. The fraction of sp³-hybridized carbons (Fsp3) is 0.250. The van der Waals surface area contributed by atoms with Gasteiger partial charge in [-0.05, 0) is 12.1 Å². The molecule has 0 atom stereocenters. The molecule has 0 spiro atoms. The van der Waals surface area contributed by atoms with Crippen LogP contribution in [0.25, 0.3) is 11.0 Å². The van der Waals surface area contributed by atoms with E-state index in [-0.39, 0.29) is 5.91 Å². The molecule has 1 aromatic heterocycles. The van der Waals surface area contributed by atoms with Crippen molar-refractivity contribution in [2.75, 3.05) is 26.0 Å². The number of aromatic nitrogens is 2. The summed E-state index contributed by atoms with van der Waals surface area (Å²) in [4.78, 5) is 17.6. The molecule has 0 N–H and O–H groups in total. The van der Waals surface area contributed by atoms with E-state index in [4.69, 9.17) is 0 Å². The van der Waals surface area contributed by atoms with Gasteiger partial charge in [-0.3, -0.25) is 4.79 Å². The lowest BCUT2D eigenvalue weighted by Crippen LogP contribution is -2.31. The molecule has 0 radical (unpaired) electrons. The first-order valence-electron chi connectivity index (χ1n) is 5.67. The second kappa shape index (κ2) is 4.50. The second-order valence-corrected chi connectivity index (χ2v) is 6.08. The van der Waals surface area contributed by atoms with E-state index in [1.165, 1.54) is 23.5 Å². The topological polar surface area (TPSA) is 49.3 Å². The first-order valence-corrected chi connectivity index (χ1v) is 7.22. The molecule has 0 unspecified atom stereocenters. The zero-order chi connectivity index (χ0) is 13.6. The summed E-state index contributed by atoms with van der Waals surface area (Å²) in [6.45, 7) is 0. The van der Waals surface area contributed by atoms with Crippen LogP contribution < -0.4 is 4.90 Å². The van der Waals surface area contributed by atoms with Gasteiger partial charge in [-0.15, -0.1) is 0 Å². The van der Waals surface area contributed by atoms with Gasteiger partial charge in [0.05, 0.1) is 22.3 Å². The van der Waals surface area contributed by atoms with Gasteiger partial charge in [-0.2, -0.15) is 8.75 Å². The maximum atomic E-state index is 12.4. The Balaban J connectivity index is 2.18. The predicted octanol–water partition coefficient (Wildman–Crippen LogP) is 2.16. The highest BCUT2D eigenvalue weighted by atomic mass is 32.2. The van der Waals surface area contributed by atoms with Gasteiger partial charge >= 0.3 is 0 Å². The van der Waals surface area contributed by atoms with Gasteiger partial charge in [0.25, 0.3) is 5.91 Å². The summed E-state index contributed by atoms with van der Waals surface area (Å²) in [5, 5.41) is 0. The number of carbonyl (C=O) groups is 1. The summed E-state index contributed by atoms with van der Waals surface area (Å²) in [5.74, 6) is -0.00769. The number of fused-ring (bicyclic) bond motifs is 3. The summed E-state index contributed by atoms with van der Waals surface area (Å²) in [6, 6.07) is 3.94. The van der Waals surface area contributed by atoms with E-state index in [1.54, 1.807) is 11.9 Å². The van der Waals surface area contributed by atoms with Crippen molar-refractivity contribution in [3.8, 4) is 0 Å².